The zero-order valence-corrected chi connectivity index (χ0v) is 14.5. The van der Waals surface area contributed by atoms with E-state index in [1.165, 1.54) is 17.0 Å². The lowest BCUT2D eigenvalue weighted by Crippen LogP contribution is -2.24. The minimum Gasteiger partial charge on any atom is -0.462 e. The van der Waals surface area contributed by atoms with E-state index in [1.807, 2.05) is 6.07 Å². The van der Waals surface area contributed by atoms with Crippen molar-refractivity contribution in [1.82, 2.24) is 0 Å². The fraction of sp³-hybridized carbons (Fsp3) is 0.143. The number of allylic oxidation sites excluding steroid dienone is 1. The van der Waals surface area contributed by atoms with E-state index in [4.69, 9.17) is 4.74 Å². The molecule has 2 aromatic carbocycles. The number of ether oxygens (including phenoxy) is 1. The molecule has 3 rings (SSSR count). The van der Waals surface area contributed by atoms with Gasteiger partial charge in [-0.25, -0.2) is 9.18 Å². The predicted octanol–water partition coefficient (Wildman–Crippen LogP) is 4.09. The molecular formula is C21H18FNO3. The zero-order chi connectivity index (χ0) is 18.7. The van der Waals surface area contributed by atoms with Crippen LogP contribution < -0.4 is 4.90 Å². The molecule has 5 heteroatoms. The number of carbonyl (C=O) groups is 2. The van der Waals surface area contributed by atoms with E-state index in [-0.39, 0.29) is 29.2 Å². The van der Waals surface area contributed by atoms with E-state index in [0.717, 1.165) is 0 Å². The number of para-hydroxylation sites is 1. The van der Waals surface area contributed by atoms with E-state index in [0.29, 0.717) is 11.4 Å². The smallest absolute Gasteiger partial charge is 0.340 e. The Balaban J connectivity index is 2.15. The fourth-order valence-corrected chi connectivity index (χ4v) is 2.92. The number of hydrogen-bond acceptors (Lipinski definition) is 3. The van der Waals surface area contributed by atoms with Gasteiger partial charge in [-0.15, -0.1) is 0 Å². The summed E-state index contributed by atoms with van der Waals surface area (Å²) in [5.41, 5.74) is 1.61. The van der Waals surface area contributed by atoms with Gasteiger partial charge in [0.2, 0.25) is 0 Å². The van der Waals surface area contributed by atoms with Crippen LogP contribution in [-0.2, 0) is 14.3 Å². The van der Waals surface area contributed by atoms with Crippen LogP contribution in [0.5, 0.6) is 0 Å². The van der Waals surface area contributed by atoms with Gasteiger partial charge in [-0.2, -0.15) is 0 Å². The Kier molecular flexibility index (Phi) is 4.98. The Labute approximate surface area is 151 Å². The van der Waals surface area contributed by atoms with Crippen LogP contribution in [0.3, 0.4) is 0 Å². The van der Waals surface area contributed by atoms with Gasteiger partial charge in [-0.3, -0.25) is 9.69 Å². The van der Waals surface area contributed by atoms with Gasteiger partial charge in [0.15, 0.2) is 0 Å². The molecule has 26 heavy (non-hydrogen) atoms. The molecule has 0 N–H and O–H groups in total. The molecule has 0 fully saturated rings. The first-order valence-corrected chi connectivity index (χ1v) is 8.28. The summed E-state index contributed by atoms with van der Waals surface area (Å²) in [6.45, 7) is 3.56. The lowest BCUT2D eigenvalue weighted by atomic mass is 10.0. The molecule has 0 saturated carbocycles. The van der Waals surface area contributed by atoms with Gasteiger partial charge in [0.1, 0.15) is 5.82 Å². The van der Waals surface area contributed by atoms with Crippen LogP contribution in [0.25, 0.3) is 6.08 Å². The highest BCUT2D eigenvalue weighted by Crippen LogP contribution is 2.35. The number of esters is 1. The van der Waals surface area contributed by atoms with E-state index >= 15 is 0 Å². The number of carbonyl (C=O) groups excluding carboxylic acids is 2. The molecule has 1 heterocycles. The van der Waals surface area contributed by atoms with Gasteiger partial charge in [-0.1, -0.05) is 36.4 Å². The maximum Gasteiger partial charge on any atom is 0.340 e. The van der Waals surface area contributed by atoms with Gasteiger partial charge in [0, 0.05) is 16.9 Å². The van der Waals surface area contributed by atoms with Crippen LogP contribution >= 0.6 is 0 Å². The molecule has 0 atom stereocenters. The van der Waals surface area contributed by atoms with Crippen LogP contribution in [0.1, 0.15) is 19.4 Å². The van der Waals surface area contributed by atoms with Crippen molar-refractivity contribution in [2.24, 2.45) is 0 Å². The van der Waals surface area contributed by atoms with Crippen LogP contribution in [0.4, 0.5) is 10.1 Å². The maximum atomic E-state index is 14.1. The number of nitrogens with zero attached hydrogens (tertiary/aromatic N) is 1. The number of hydrogen-bond donors (Lipinski definition) is 0. The summed E-state index contributed by atoms with van der Waals surface area (Å²) in [4.78, 5) is 27.0. The minimum absolute atomic E-state index is 0.120. The van der Waals surface area contributed by atoms with Gasteiger partial charge < -0.3 is 4.74 Å². The van der Waals surface area contributed by atoms with Gasteiger partial charge in [0.05, 0.1) is 17.8 Å². The first-order valence-electron chi connectivity index (χ1n) is 8.28. The van der Waals surface area contributed by atoms with Gasteiger partial charge in [0.25, 0.3) is 5.91 Å². The summed E-state index contributed by atoms with van der Waals surface area (Å²) in [7, 11) is 0. The molecule has 0 bridgehead atoms. The molecule has 1 aliphatic rings. The summed E-state index contributed by atoms with van der Waals surface area (Å²) in [5.74, 6) is -1.45. The Morgan fingerprint density at radius 3 is 2.42 bits per heavy atom. The van der Waals surface area contributed by atoms with Crippen LogP contribution in [0, 0.1) is 5.82 Å². The van der Waals surface area contributed by atoms with Crippen molar-refractivity contribution in [3.8, 4) is 0 Å². The van der Waals surface area contributed by atoms with Crippen LogP contribution in [0.2, 0.25) is 0 Å². The summed E-state index contributed by atoms with van der Waals surface area (Å²) in [6.07, 6.45) is 1.40. The lowest BCUT2D eigenvalue weighted by molar-refractivity contribution is -0.138. The predicted molar refractivity (Wildman–Crippen MR) is 97.6 cm³/mol. The number of anilines is 1. The number of rotatable bonds is 4. The van der Waals surface area contributed by atoms with E-state index in [1.54, 1.807) is 56.3 Å². The molecule has 0 unspecified atom stereocenters. The Hall–Kier alpha value is -3.21. The van der Waals surface area contributed by atoms with Crippen molar-refractivity contribution in [1.29, 1.82) is 0 Å². The number of benzene rings is 2. The third kappa shape index (κ3) is 3.16. The lowest BCUT2D eigenvalue weighted by Gasteiger charge is -2.17. The molecule has 0 aliphatic carbocycles. The van der Waals surface area contributed by atoms with Gasteiger partial charge in [-0.05, 0) is 38.1 Å². The average Bonchev–Trinajstić information content (AvgIpc) is 2.88. The average molecular weight is 351 g/mol. The molecule has 2 aromatic rings. The summed E-state index contributed by atoms with van der Waals surface area (Å²) < 4.78 is 19.2. The van der Waals surface area contributed by atoms with E-state index < -0.39 is 11.8 Å². The Morgan fingerprint density at radius 1 is 1.12 bits per heavy atom. The number of halogens is 1. The summed E-state index contributed by atoms with van der Waals surface area (Å²) >= 11 is 0. The molecule has 0 radical (unpaired) electrons. The highest BCUT2D eigenvalue weighted by Gasteiger charge is 2.38. The molecule has 1 amide bonds. The fourth-order valence-electron chi connectivity index (χ4n) is 2.92. The summed E-state index contributed by atoms with van der Waals surface area (Å²) in [5, 5.41) is 0. The second-order valence-electron chi connectivity index (χ2n) is 5.74. The zero-order valence-electron chi connectivity index (χ0n) is 14.5. The van der Waals surface area contributed by atoms with Crippen molar-refractivity contribution in [3.63, 3.8) is 0 Å². The van der Waals surface area contributed by atoms with Crippen molar-refractivity contribution in [3.05, 3.63) is 82.8 Å². The first-order chi connectivity index (χ1) is 12.5. The monoisotopic (exact) mass is 351 g/mol. The SMILES string of the molecule is CCOC(=O)C1=C(C)N(c2ccccc2)C(=O)/C1=C\c1ccccc1F. The van der Waals surface area contributed by atoms with Gasteiger partial charge >= 0.3 is 5.97 Å². The van der Waals surface area contributed by atoms with E-state index in [2.05, 4.69) is 0 Å². The van der Waals surface area contributed by atoms with Crippen molar-refractivity contribution < 1.29 is 18.7 Å². The minimum atomic E-state index is -0.598. The largest absolute Gasteiger partial charge is 0.462 e. The molecule has 0 saturated heterocycles. The van der Waals surface area contributed by atoms with Crippen LogP contribution in [-0.4, -0.2) is 18.5 Å². The molecule has 1 aliphatic heterocycles. The van der Waals surface area contributed by atoms with Crippen molar-refractivity contribution >= 4 is 23.6 Å². The van der Waals surface area contributed by atoms with E-state index in [9.17, 15) is 14.0 Å². The summed E-state index contributed by atoms with van der Waals surface area (Å²) in [6, 6.07) is 15.1. The topological polar surface area (TPSA) is 46.6 Å². The molecule has 0 spiro atoms. The molecule has 0 aromatic heterocycles. The highest BCUT2D eigenvalue weighted by atomic mass is 19.1. The van der Waals surface area contributed by atoms with Crippen molar-refractivity contribution in [2.75, 3.05) is 11.5 Å². The molecular weight excluding hydrogens is 333 g/mol. The normalized spacial score (nSPS) is 15.7. The highest BCUT2D eigenvalue weighted by molar-refractivity contribution is 6.23. The third-order valence-corrected chi connectivity index (χ3v) is 4.10. The van der Waals surface area contributed by atoms with Crippen LogP contribution in [0.15, 0.2) is 71.4 Å². The molecule has 132 valence electrons. The Bertz CT molecular complexity index is 916. The third-order valence-electron chi connectivity index (χ3n) is 4.10. The first kappa shape index (κ1) is 17.6. The second kappa shape index (κ2) is 7.35. The second-order valence-corrected chi connectivity index (χ2v) is 5.74. The maximum absolute atomic E-state index is 14.1. The Morgan fingerprint density at radius 2 is 1.77 bits per heavy atom. The standard InChI is InChI=1S/C21H18FNO3/c1-3-26-21(25)19-14(2)23(16-10-5-4-6-11-16)20(24)17(19)13-15-9-7-8-12-18(15)22/h4-13H,3H2,1-2H3/b17-13-. The number of amides is 1. The molecule has 4 nitrogen and oxygen atoms in total. The quantitative estimate of drug-likeness (QED) is 0.616. The van der Waals surface area contributed by atoms with Crippen molar-refractivity contribution in [2.45, 2.75) is 13.8 Å².